The first-order valence-corrected chi connectivity index (χ1v) is 7.29. The standard InChI is InChI=1S/C12H9ClN4O2S/c1-8-4-9(5-14)2-3-10(8)20(18,19)17-12-7-15-6-11(13)16-12/h2-4,6-7H,1H3,(H,16,17). The molecule has 2 rings (SSSR count). The largest absolute Gasteiger partial charge is 0.263 e. The van der Waals surface area contributed by atoms with E-state index in [0.29, 0.717) is 11.1 Å². The summed E-state index contributed by atoms with van der Waals surface area (Å²) < 4.78 is 26.7. The summed E-state index contributed by atoms with van der Waals surface area (Å²) in [7, 11) is -3.81. The number of nitrogens with zero attached hydrogens (tertiary/aromatic N) is 3. The number of nitriles is 1. The van der Waals surface area contributed by atoms with Gasteiger partial charge in [-0.05, 0) is 30.7 Å². The third-order valence-electron chi connectivity index (χ3n) is 2.44. The van der Waals surface area contributed by atoms with Gasteiger partial charge in [0.2, 0.25) is 0 Å². The Bertz CT molecular complexity index is 799. The van der Waals surface area contributed by atoms with Crippen molar-refractivity contribution < 1.29 is 8.42 Å². The predicted octanol–water partition coefficient (Wildman–Crippen LogP) is 2.11. The zero-order valence-corrected chi connectivity index (χ0v) is 11.9. The maximum atomic E-state index is 12.2. The zero-order valence-electron chi connectivity index (χ0n) is 10.3. The Morgan fingerprint density at radius 1 is 1.35 bits per heavy atom. The van der Waals surface area contributed by atoms with Crippen molar-refractivity contribution >= 4 is 27.4 Å². The molecule has 1 N–H and O–H groups in total. The minimum atomic E-state index is -3.81. The van der Waals surface area contributed by atoms with Crippen molar-refractivity contribution in [2.24, 2.45) is 0 Å². The van der Waals surface area contributed by atoms with E-state index in [1.54, 1.807) is 6.92 Å². The molecule has 0 spiro atoms. The SMILES string of the molecule is Cc1cc(C#N)ccc1S(=O)(=O)Nc1cncc(Cl)n1. The van der Waals surface area contributed by atoms with Crippen molar-refractivity contribution in [2.75, 3.05) is 4.72 Å². The molecule has 102 valence electrons. The monoisotopic (exact) mass is 308 g/mol. The second kappa shape index (κ2) is 5.45. The average Bonchev–Trinajstić information content (AvgIpc) is 2.37. The molecule has 0 amide bonds. The van der Waals surface area contributed by atoms with Gasteiger partial charge in [-0.3, -0.25) is 9.71 Å². The van der Waals surface area contributed by atoms with E-state index in [-0.39, 0.29) is 15.9 Å². The second-order valence-corrected chi connectivity index (χ2v) is 5.96. The van der Waals surface area contributed by atoms with Crippen LogP contribution in [0, 0.1) is 18.3 Å². The molecule has 0 atom stereocenters. The maximum absolute atomic E-state index is 12.2. The van der Waals surface area contributed by atoms with Crippen LogP contribution in [-0.2, 0) is 10.0 Å². The highest BCUT2D eigenvalue weighted by Crippen LogP contribution is 2.19. The molecule has 0 aliphatic carbocycles. The summed E-state index contributed by atoms with van der Waals surface area (Å²) in [5.74, 6) is 0.0289. The predicted molar refractivity (Wildman–Crippen MR) is 73.7 cm³/mol. The van der Waals surface area contributed by atoms with Crippen molar-refractivity contribution in [3.8, 4) is 6.07 Å². The lowest BCUT2D eigenvalue weighted by atomic mass is 10.2. The highest BCUT2D eigenvalue weighted by molar-refractivity contribution is 7.92. The van der Waals surface area contributed by atoms with Crippen LogP contribution in [0.25, 0.3) is 0 Å². The molecule has 1 heterocycles. The molecule has 8 heteroatoms. The number of hydrogen-bond acceptors (Lipinski definition) is 5. The van der Waals surface area contributed by atoms with E-state index in [2.05, 4.69) is 14.7 Å². The molecule has 0 bridgehead atoms. The van der Waals surface area contributed by atoms with Gasteiger partial charge in [0.05, 0.1) is 28.9 Å². The number of sulfonamides is 1. The molecular weight excluding hydrogens is 300 g/mol. The van der Waals surface area contributed by atoms with Gasteiger partial charge in [0.15, 0.2) is 5.82 Å². The molecule has 0 unspecified atom stereocenters. The van der Waals surface area contributed by atoms with E-state index >= 15 is 0 Å². The zero-order chi connectivity index (χ0) is 14.8. The van der Waals surface area contributed by atoms with Gasteiger partial charge >= 0.3 is 0 Å². The molecule has 6 nitrogen and oxygen atoms in total. The van der Waals surface area contributed by atoms with E-state index < -0.39 is 10.0 Å². The first kappa shape index (κ1) is 14.2. The number of halogens is 1. The van der Waals surface area contributed by atoms with Gasteiger partial charge in [-0.25, -0.2) is 13.4 Å². The molecule has 0 saturated carbocycles. The Labute approximate surface area is 121 Å². The molecule has 20 heavy (non-hydrogen) atoms. The van der Waals surface area contributed by atoms with E-state index in [0.717, 1.165) is 0 Å². The van der Waals surface area contributed by atoms with E-state index in [1.807, 2.05) is 6.07 Å². The Morgan fingerprint density at radius 3 is 2.70 bits per heavy atom. The number of hydrogen-bond donors (Lipinski definition) is 1. The number of nitrogens with one attached hydrogen (secondary N) is 1. The lowest BCUT2D eigenvalue weighted by molar-refractivity contribution is 0.600. The number of rotatable bonds is 3. The molecule has 0 radical (unpaired) electrons. The fourth-order valence-corrected chi connectivity index (χ4v) is 2.97. The number of benzene rings is 1. The highest BCUT2D eigenvalue weighted by atomic mass is 35.5. The fraction of sp³-hybridized carbons (Fsp3) is 0.0833. The Hall–Kier alpha value is -2.17. The Kier molecular flexibility index (Phi) is 3.88. The van der Waals surface area contributed by atoms with Crippen molar-refractivity contribution in [3.63, 3.8) is 0 Å². The van der Waals surface area contributed by atoms with Crippen molar-refractivity contribution in [1.29, 1.82) is 5.26 Å². The van der Waals surface area contributed by atoms with Crippen LogP contribution in [0.15, 0.2) is 35.5 Å². The van der Waals surface area contributed by atoms with Gasteiger partial charge in [-0.2, -0.15) is 5.26 Å². The third-order valence-corrected chi connectivity index (χ3v) is 4.13. The summed E-state index contributed by atoms with van der Waals surface area (Å²) in [5, 5.41) is 8.86. The van der Waals surface area contributed by atoms with Crippen molar-refractivity contribution in [3.05, 3.63) is 46.9 Å². The summed E-state index contributed by atoms with van der Waals surface area (Å²) in [5.41, 5.74) is 0.857. The molecular formula is C12H9ClN4O2S. The van der Waals surface area contributed by atoms with Crippen LogP contribution in [0.5, 0.6) is 0 Å². The van der Waals surface area contributed by atoms with Crippen LogP contribution in [-0.4, -0.2) is 18.4 Å². The van der Waals surface area contributed by atoms with Crippen LogP contribution in [0.1, 0.15) is 11.1 Å². The van der Waals surface area contributed by atoms with Gasteiger partial charge in [0.1, 0.15) is 5.15 Å². The minimum Gasteiger partial charge on any atom is -0.262 e. The summed E-state index contributed by atoms with van der Waals surface area (Å²) in [6, 6.07) is 6.25. The molecule has 1 aromatic carbocycles. The molecule has 1 aromatic heterocycles. The van der Waals surface area contributed by atoms with Crippen LogP contribution in [0.2, 0.25) is 5.15 Å². The summed E-state index contributed by atoms with van der Waals surface area (Å²) >= 11 is 5.65. The summed E-state index contributed by atoms with van der Waals surface area (Å²) in [6.45, 7) is 1.61. The first-order chi connectivity index (χ1) is 9.42. The summed E-state index contributed by atoms with van der Waals surface area (Å²) in [6.07, 6.45) is 2.55. The smallest absolute Gasteiger partial charge is 0.262 e. The van der Waals surface area contributed by atoms with Crippen LogP contribution in [0.4, 0.5) is 5.82 Å². The average molecular weight is 309 g/mol. The van der Waals surface area contributed by atoms with E-state index in [4.69, 9.17) is 16.9 Å². The van der Waals surface area contributed by atoms with Crippen molar-refractivity contribution in [2.45, 2.75) is 11.8 Å². The maximum Gasteiger partial charge on any atom is 0.263 e. The second-order valence-electron chi connectivity index (χ2n) is 3.92. The molecule has 0 fully saturated rings. The van der Waals surface area contributed by atoms with Gasteiger partial charge < -0.3 is 0 Å². The topological polar surface area (TPSA) is 95.7 Å². The summed E-state index contributed by atoms with van der Waals surface area (Å²) in [4.78, 5) is 7.62. The van der Waals surface area contributed by atoms with Gasteiger partial charge in [0.25, 0.3) is 10.0 Å². The lowest BCUT2D eigenvalue weighted by Gasteiger charge is -2.09. The Morgan fingerprint density at radius 2 is 2.10 bits per heavy atom. The highest BCUT2D eigenvalue weighted by Gasteiger charge is 2.18. The van der Waals surface area contributed by atoms with Crippen LogP contribution >= 0.6 is 11.6 Å². The van der Waals surface area contributed by atoms with Crippen LogP contribution in [0.3, 0.4) is 0 Å². The van der Waals surface area contributed by atoms with E-state index in [1.165, 1.54) is 30.6 Å². The number of anilines is 1. The van der Waals surface area contributed by atoms with Gasteiger partial charge in [0, 0.05) is 0 Å². The quantitative estimate of drug-likeness (QED) is 0.936. The molecule has 0 aliphatic rings. The van der Waals surface area contributed by atoms with Gasteiger partial charge in [-0.1, -0.05) is 11.6 Å². The van der Waals surface area contributed by atoms with E-state index in [9.17, 15) is 8.42 Å². The minimum absolute atomic E-state index is 0.0289. The fourth-order valence-electron chi connectivity index (χ4n) is 1.60. The number of aryl methyl sites for hydroxylation is 1. The third kappa shape index (κ3) is 3.04. The van der Waals surface area contributed by atoms with Gasteiger partial charge in [-0.15, -0.1) is 0 Å². The number of aromatic nitrogens is 2. The molecule has 0 saturated heterocycles. The van der Waals surface area contributed by atoms with Crippen LogP contribution < -0.4 is 4.72 Å². The molecule has 2 aromatic rings. The van der Waals surface area contributed by atoms with Crippen molar-refractivity contribution in [1.82, 2.24) is 9.97 Å². The first-order valence-electron chi connectivity index (χ1n) is 5.43. The lowest BCUT2D eigenvalue weighted by Crippen LogP contribution is -2.15. The molecule has 0 aliphatic heterocycles. The Balaban J connectivity index is 2.39. The normalized spacial score (nSPS) is 10.8.